The fourth-order valence-electron chi connectivity index (χ4n) is 0.368. The van der Waals surface area contributed by atoms with Crippen molar-refractivity contribution in [1.29, 1.82) is 0 Å². The topological polar surface area (TPSA) is 78.6 Å². The molecule has 0 rings (SSSR count). The van der Waals surface area contributed by atoms with Crippen LogP contribution in [0.15, 0.2) is 0 Å². The highest BCUT2D eigenvalue weighted by molar-refractivity contribution is 6.29. The van der Waals surface area contributed by atoms with E-state index in [-0.39, 0.29) is 0 Å². The van der Waals surface area contributed by atoms with E-state index in [0.717, 1.165) is 0 Å². The van der Waals surface area contributed by atoms with Crippen molar-refractivity contribution in [1.82, 2.24) is 0 Å². The Kier molecular flexibility index (Phi) is 3.00. The van der Waals surface area contributed by atoms with Crippen LogP contribution in [0.1, 0.15) is 20.8 Å². The summed E-state index contributed by atoms with van der Waals surface area (Å²) in [7, 11) is 0. The molecule has 0 aromatic rings. The van der Waals surface area contributed by atoms with E-state index in [1.807, 2.05) is 0 Å². The zero-order valence-electron chi connectivity index (χ0n) is 6.71. The standard InChI is InChI=1S/C6H11NO4/c1-6(2,3)10-4(8)5(9)11-7/h7H2,1-3H3. The summed E-state index contributed by atoms with van der Waals surface area (Å²) in [4.78, 5) is 24.6. The van der Waals surface area contributed by atoms with Crippen LogP contribution in [-0.2, 0) is 19.2 Å². The van der Waals surface area contributed by atoms with E-state index in [2.05, 4.69) is 15.5 Å². The second-order valence-corrected chi connectivity index (χ2v) is 2.91. The van der Waals surface area contributed by atoms with Crippen LogP contribution in [0.3, 0.4) is 0 Å². The molecule has 0 aliphatic rings. The van der Waals surface area contributed by atoms with Gasteiger partial charge in [-0.1, -0.05) is 0 Å². The predicted molar refractivity (Wildman–Crippen MR) is 36.1 cm³/mol. The smallest absolute Gasteiger partial charge is 0.435 e. The zero-order valence-corrected chi connectivity index (χ0v) is 6.71. The second-order valence-electron chi connectivity index (χ2n) is 2.91. The van der Waals surface area contributed by atoms with Gasteiger partial charge in [-0.2, -0.15) is 5.90 Å². The Morgan fingerprint density at radius 3 is 1.91 bits per heavy atom. The van der Waals surface area contributed by atoms with Gasteiger partial charge in [-0.25, -0.2) is 9.59 Å². The molecule has 0 aliphatic heterocycles. The Hall–Kier alpha value is -1.10. The third-order valence-corrected chi connectivity index (χ3v) is 0.673. The van der Waals surface area contributed by atoms with Gasteiger partial charge in [0, 0.05) is 0 Å². The minimum absolute atomic E-state index is 0.703. The van der Waals surface area contributed by atoms with Gasteiger partial charge in [0.15, 0.2) is 0 Å². The van der Waals surface area contributed by atoms with Gasteiger partial charge in [-0.05, 0) is 20.8 Å². The number of rotatable bonds is 0. The monoisotopic (exact) mass is 161 g/mol. The van der Waals surface area contributed by atoms with Crippen molar-refractivity contribution in [3.8, 4) is 0 Å². The largest absolute Gasteiger partial charge is 0.452 e. The van der Waals surface area contributed by atoms with Crippen LogP contribution in [0.2, 0.25) is 0 Å². The molecule has 0 fully saturated rings. The van der Waals surface area contributed by atoms with Gasteiger partial charge >= 0.3 is 11.9 Å². The lowest BCUT2D eigenvalue weighted by Gasteiger charge is -2.17. The number of carbonyl (C=O) groups is 2. The highest BCUT2D eigenvalue weighted by atomic mass is 16.7. The fraction of sp³-hybridized carbons (Fsp3) is 0.667. The van der Waals surface area contributed by atoms with E-state index in [0.29, 0.717) is 0 Å². The maximum absolute atomic E-state index is 10.6. The highest BCUT2D eigenvalue weighted by Gasteiger charge is 2.23. The van der Waals surface area contributed by atoms with Crippen molar-refractivity contribution in [2.75, 3.05) is 0 Å². The van der Waals surface area contributed by atoms with Crippen molar-refractivity contribution in [2.45, 2.75) is 26.4 Å². The fourth-order valence-corrected chi connectivity index (χ4v) is 0.368. The maximum Gasteiger partial charge on any atom is 0.435 e. The van der Waals surface area contributed by atoms with Gasteiger partial charge in [0.25, 0.3) is 0 Å². The lowest BCUT2D eigenvalue weighted by molar-refractivity contribution is -0.175. The quantitative estimate of drug-likeness (QED) is 0.301. The molecule has 5 nitrogen and oxygen atoms in total. The van der Waals surface area contributed by atoms with Crippen LogP contribution < -0.4 is 5.90 Å². The summed E-state index contributed by atoms with van der Waals surface area (Å²) in [6.07, 6.45) is 0. The lowest BCUT2D eigenvalue weighted by atomic mass is 10.2. The summed E-state index contributed by atoms with van der Waals surface area (Å²) >= 11 is 0. The first-order valence-corrected chi connectivity index (χ1v) is 3.01. The first-order chi connectivity index (χ1) is 4.87. The van der Waals surface area contributed by atoms with Gasteiger partial charge in [0.05, 0.1) is 0 Å². The van der Waals surface area contributed by atoms with E-state index < -0.39 is 17.5 Å². The molecule has 5 heteroatoms. The van der Waals surface area contributed by atoms with Crippen molar-refractivity contribution >= 4 is 11.9 Å². The van der Waals surface area contributed by atoms with Crippen molar-refractivity contribution < 1.29 is 19.2 Å². The Labute approximate surface area is 64.4 Å². The lowest BCUT2D eigenvalue weighted by Crippen LogP contribution is -2.31. The summed E-state index contributed by atoms with van der Waals surface area (Å²) < 4.78 is 4.60. The average molecular weight is 161 g/mol. The molecule has 0 amide bonds. The number of nitrogens with two attached hydrogens (primary N) is 1. The van der Waals surface area contributed by atoms with E-state index in [9.17, 15) is 9.59 Å². The molecule has 64 valence electrons. The summed E-state index contributed by atoms with van der Waals surface area (Å²) in [5.74, 6) is 2.16. The molecule has 0 saturated heterocycles. The zero-order chi connectivity index (χ0) is 9.07. The molecular weight excluding hydrogens is 150 g/mol. The Morgan fingerprint density at radius 2 is 1.64 bits per heavy atom. The van der Waals surface area contributed by atoms with E-state index in [1.165, 1.54) is 0 Å². The number of esters is 1. The van der Waals surface area contributed by atoms with E-state index >= 15 is 0 Å². The average Bonchev–Trinajstić information content (AvgIpc) is 1.82. The normalized spacial score (nSPS) is 10.5. The highest BCUT2D eigenvalue weighted by Crippen LogP contribution is 2.06. The molecule has 0 heterocycles. The Balaban J connectivity index is 3.99. The van der Waals surface area contributed by atoms with E-state index in [1.54, 1.807) is 20.8 Å². The number of ether oxygens (including phenoxy) is 1. The summed E-state index contributed by atoms with van der Waals surface area (Å²) in [6.45, 7) is 4.90. The molecule has 0 aliphatic carbocycles. The van der Waals surface area contributed by atoms with Crippen LogP contribution >= 0.6 is 0 Å². The van der Waals surface area contributed by atoms with Crippen LogP contribution in [0.4, 0.5) is 0 Å². The molecule has 0 atom stereocenters. The molecule has 0 aromatic carbocycles. The maximum atomic E-state index is 10.6. The van der Waals surface area contributed by atoms with Crippen molar-refractivity contribution in [2.24, 2.45) is 5.90 Å². The molecule has 2 N–H and O–H groups in total. The van der Waals surface area contributed by atoms with Crippen LogP contribution in [-0.4, -0.2) is 17.5 Å². The predicted octanol–water partition coefficient (Wildman–Crippen LogP) is -0.255. The number of hydrogen-bond acceptors (Lipinski definition) is 5. The van der Waals surface area contributed by atoms with Crippen molar-refractivity contribution in [3.63, 3.8) is 0 Å². The Bertz CT molecular complexity index is 170. The summed E-state index contributed by atoms with van der Waals surface area (Å²) in [5, 5.41) is 0. The minimum atomic E-state index is -1.19. The third kappa shape index (κ3) is 4.32. The molecule has 11 heavy (non-hydrogen) atoms. The SMILES string of the molecule is CC(C)(C)OC(=O)C(=O)ON. The van der Waals surface area contributed by atoms with Crippen LogP contribution in [0.25, 0.3) is 0 Å². The number of hydrogen-bond donors (Lipinski definition) is 1. The van der Waals surface area contributed by atoms with E-state index in [4.69, 9.17) is 0 Å². The third-order valence-electron chi connectivity index (χ3n) is 0.673. The van der Waals surface area contributed by atoms with Gasteiger partial charge < -0.3 is 9.57 Å². The first-order valence-electron chi connectivity index (χ1n) is 3.01. The Morgan fingerprint density at radius 1 is 1.18 bits per heavy atom. The summed E-state index contributed by atoms with van der Waals surface area (Å²) in [6, 6.07) is 0. The van der Waals surface area contributed by atoms with Gasteiger partial charge in [0.1, 0.15) is 5.60 Å². The molecule has 0 unspecified atom stereocenters. The second kappa shape index (κ2) is 3.34. The van der Waals surface area contributed by atoms with Gasteiger partial charge in [-0.3, -0.25) is 0 Å². The molecular formula is C6H11NO4. The number of carbonyl (C=O) groups excluding carboxylic acids is 2. The molecule has 0 spiro atoms. The van der Waals surface area contributed by atoms with Gasteiger partial charge in [-0.15, -0.1) is 0 Å². The summed E-state index contributed by atoms with van der Waals surface area (Å²) in [5.41, 5.74) is -0.703. The van der Waals surface area contributed by atoms with Crippen LogP contribution in [0, 0.1) is 0 Å². The molecule has 0 bridgehead atoms. The first kappa shape index (κ1) is 9.90. The van der Waals surface area contributed by atoms with Crippen LogP contribution in [0.5, 0.6) is 0 Å². The molecule has 0 aromatic heterocycles. The van der Waals surface area contributed by atoms with Gasteiger partial charge in [0.2, 0.25) is 0 Å². The molecule has 0 radical (unpaired) electrons. The molecule has 0 saturated carbocycles. The minimum Gasteiger partial charge on any atom is -0.452 e. The van der Waals surface area contributed by atoms with Crippen molar-refractivity contribution in [3.05, 3.63) is 0 Å².